The van der Waals surface area contributed by atoms with Gasteiger partial charge in [-0.15, -0.1) is 26.3 Å². The van der Waals surface area contributed by atoms with Crippen molar-refractivity contribution < 1.29 is 29.3 Å². The molecule has 0 heterocycles. The molecule has 6 nitrogen and oxygen atoms in total. The topological polar surface area (TPSA) is 93.1 Å². The minimum absolute atomic E-state index is 0. The van der Waals surface area contributed by atoms with Crippen LogP contribution in [0.3, 0.4) is 0 Å². The summed E-state index contributed by atoms with van der Waals surface area (Å²) >= 11 is 0. The van der Waals surface area contributed by atoms with Crippen LogP contribution in [0.15, 0.2) is 96.2 Å². The molecule has 0 aliphatic rings. The first-order valence-electron chi connectivity index (χ1n) is 19.2. The summed E-state index contributed by atoms with van der Waals surface area (Å²) in [5.41, 5.74) is 9.74. The lowest BCUT2D eigenvalue weighted by atomic mass is 10.1. The molecule has 0 aromatic heterocycles. The van der Waals surface area contributed by atoms with E-state index in [-0.39, 0.29) is 32.6 Å². The highest BCUT2D eigenvalue weighted by molar-refractivity contribution is 5.69. The third-order valence-corrected chi connectivity index (χ3v) is 7.49. The van der Waals surface area contributed by atoms with E-state index in [1.807, 2.05) is 39.8 Å². The molecule has 0 aromatic rings. The number of ether oxygens (including phenoxy) is 2. The molecule has 0 saturated heterocycles. The van der Waals surface area contributed by atoms with E-state index < -0.39 is 0 Å². The van der Waals surface area contributed by atoms with Gasteiger partial charge in [-0.1, -0.05) is 85.1 Å². The van der Waals surface area contributed by atoms with Crippen LogP contribution in [-0.2, 0) is 19.1 Å². The van der Waals surface area contributed by atoms with Gasteiger partial charge in [-0.05, 0) is 131 Å². The Kier molecular flexibility index (Phi) is 48.1. The minimum atomic E-state index is -0.138. The van der Waals surface area contributed by atoms with Crippen molar-refractivity contribution in [2.24, 2.45) is 0 Å². The molecule has 0 spiro atoms. The van der Waals surface area contributed by atoms with E-state index in [1.165, 1.54) is 33.4 Å². The van der Waals surface area contributed by atoms with Crippen molar-refractivity contribution in [3.8, 4) is 0 Å². The van der Waals surface area contributed by atoms with Gasteiger partial charge in [0.1, 0.15) is 6.61 Å². The first-order chi connectivity index (χ1) is 24.4. The Morgan fingerprint density at radius 2 is 0.868 bits per heavy atom. The van der Waals surface area contributed by atoms with E-state index in [1.54, 1.807) is 13.8 Å². The fourth-order valence-electron chi connectivity index (χ4n) is 4.18. The molecule has 0 atom stereocenters. The molecule has 0 unspecified atom stereocenters. The molecule has 0 aromatic carbocycles. The second-order valence-electron chi connectivity index (χ2n) is 13.9. The Morgan fingerprint density at radius 1 is 0.509 bits per heavy atom. The van der Waals surface area contributed by atoms with Crippen molar-refractivity contribution in [1.29, 1.82) is 0 Å². The molecule has 53 heavy (non-hydrogen) atoms. The van der Waals surface area contributed by atoms with Crippen LogP contribution in [0.1, 0.15) is 166 Å². The summed E-state index contributed by atoms with van der Waals surface area (Å²) in [5, 5.41) is 17.1. The third-order valence-electron chi connectivity index (χ3n) is 7.49. The number of aliphatic hydroxyl groups is 2. The monoisotopic (exact) mass is 745 g/mol. The summed E-state index contributed by atoms with van der Waals surface area (Å²) in [5.74, 6) is -0.272. The normalized spacial score (nSPS) is 10.4. The maximum absolute atomic E-state index is 10.8. The Hall–Kier alpha value is -3.22. The number of allylic oxidation sites excluding steroid dienone is 6. The van der Waals surface area contributed by atoms with E-state index >= 15 is 0 Å². The van der Waals surface area contributed by atoms with Crippen molar-refractivity contribution in [2.75, 3.05) is 26.4 Å². The second-order valence-corrected chi connectivity index (χ2v) is 13.9. The van der Waals surface area contributed by atoms with E-state index in [0.717, 1.165) is 101 Å². The molecule has 0 radical (unpaired) electrons. The highest BCUT2D eigenvalue weighted by atomic mass is 16.5. The third kappa shape index (κ3) is 58.3. The summed E-state index contributed by atoms with van der Waals surface area (Å²) < 4.78 is 9.93. The molecule has 0 bridgehead atoms. The van der Waals surface area contributed by atoms with Gasteiger partial charge in [-0.25, -0.2) is 0 Å². The summed E-state index contributed by atoms with van der Waals surface area (Å²) in [6.45, 7) is 40.3. The Morgan fingerprint density at radius 3 is 1.23 bits per heavy atom. The Bertz CT molecular complexity index is 1090. The number of carbonyl (C=O) groups excluding carboxylic acids is 2. The van der Waals surface area contributed by atoms with Crippen molar-refractivity contribution in [3.63, 3.8) is 0 Å². The second kappa shape index (κ2) is 43.2. The van der Waals surface area contributed by atoms with Crippen LogP contribution in [0.25, 0.3) is 0 Å². The van der Waals surface area contributed by atoms with Crippen molar-refractivity contribution in [2.45, 2.75) is 166 Å². The van der Waals surface area contributed by atoms with Crippen LogP contribution in [0, 0.1) is 0 Å². The van der Waals surface area contributed by atoms with E-state index in [4.69, 9.17) is 19.7 Å². The largest absolute Gasteiger partial charge is 0.465 e. The number of rotatable bonds is 26. The molecular weight excluding hydrogens is 661 g/mol. The molecule has 0 rings (SSSR count). The molecule has 0 fully saturated rings. The first kappa shape index (κ1) is 59.1. The molecule has 2 N–H and O–H groups in total. The number of aliphatic hydroxyl groups excluding tert-OH is 2. The predicted octanol–water partition coefficient (Wildman–Crippen LogP) is 13.2. The van der Waals surface area contributed by atoms with Gasteiger partial charge < -0.3 is 19.7 Å². The summed E-state index contributed by atoms with van der Waals surface area (Å²) in [4.78, 5) is 21.7. The summed E-state index contributed by atoms with van der Waals surface area (Å²) in [7, 11) is 0. The highest BCUT2D eigenvalue weighted by Crippen LogP contribution is 2.13. The SMILES string of the molecule is C.C=C(C)CCC/C(C)=C/CO.C=C(C)CCC/C(C)=C\COC(=O)CC.C=C(C)CCCC(=C)CCO.C=C(C)CCCC(=C)CCOC(=O)CC. The molecule has 0 saturated carbocycles. The number of hydrogen-bond donors (Lipinski definition) is 2. The first-order valence-corrected chi connectivity index (χ1v) is 19.2. The van der Waals surface area contributed by atoms with Gasteiger partial charge in [0.05, 0.1) is 13.2 Å². The fraction of sp³-hybridized carbons (Fsp3) is 0.617. The van der Waals surface area contributed by atoms with Gasteiger partial charge in [-0.2, -0.15) is 0 Å². The predicted molar refractivity (Wildman–Crippen MR) is 233 cm³/mol. The average Bonchev–Trinajstić information content (AvgIpc) is 3.05. The van der Waals surface area contributed by atoms with Crippen LogP contribution in [0.2, 0.25) is 0 Å². The van der Waals surface area contributed by atoms with Crippen molar-refractivity contribution >= 4 is 11.9 Å². The van der Waals surface area contributed by atoms with E-state index in [0.29, 0.717) is 26.1 Å². The zero-order valence-electron chi connectivity index (χ0n) is 35.1. The molecule has 308 valence electrons. The van der Waals surface area contributed by atoms with Crippen LogP contribution in [-0.4, -0.2) is 48.6 Å². The maximum Gasteiger partial charge on any atom is 0.305 e. The van der Waals surface area contributed by atoms with Gasteiger partial charge >= 0.3 is 11.9 Å². The number of hydrogen-bond acceptors (Lipinski definition) is 6. The number of carbonyl (C=O) groups is 2. The quantitative estimate of drug-likeness (QED) is 0.0676. The molecule has 0 aliphatic carbocycles. The lowest BCUT2D eigenvalue weighted by Crippen LogP contribution is -2.04. The van der Waals surface area contributed by atoms with Gasteiger partial charge in [0.2, 0.25) is 0 Å². The molecular formula is C47H84O6. The molecule has 0 amide bonds. The van der Waals surface area contributed by atoms with Crippen LogP contribution >= 0.6 is 0 Å². The lowest BCUT2D eigenvalue weighted by molar-refractivity contribution is -0.143. The average molecular weight is 745 g/mol. The summed E-state index contributed by atoms with van der Waals surface area (Å²) in [6, 6.07) is 0. The fourth-order valence-corrected chi connectivity index (χ4v) is 4.18. The Balaban J connectivity index is -0.000000194. The van der Waals surface area contributed by atoms with Crippen molar-refractivity contribution in [1.82, 2.24) is 0 Å². The van der Waals surface area contributed by atoms with Crippen molar-refractivity contribution in [3.05, 3.63) is 96.2 Å². The number of esters is 2. The minimum Gasteiger partial charge on any atom is -0.465 e. The zero-order chi connectivity index (χ0) is 40.7. The van der Waals surface area contributed by atoms with Crippen LogP contribution in [0.5, 0.6) is 0 Å². The summed E-state index contributed by atoms with van der Waals surface area (Å²) in [6.07, 6.45) is 19.2. The van der Waals surface area contributed by atoms with Gasteiger partial charge in [0.25, 0.3) is 0 Å². The highest BCUT2D eigenvalue weighted by Gasteiger charge is 2.00. The Labute approximate surface area is 328 Å². The van der Waals surface area contributed by atoms with Crippen LogP contribution in [0.4, 0.5) is 0 Å². The smallest absolute Gasteiger partial charge is 0.305 e. The van der Waals surface area contributed by atoms with Gasteiger partial charge in [0, 0.05) is 25.9 Å². The van der Waals surface area contributed by atoms with Gasteiger partial charge in [0.15, 0.2) is 0 Å². The van der Waals surface area contributed by atoms with E-state index in [2.05, 4.69) is 53.3 Å². The standard InChI is InChI=1S/2C13H22O2.2C10H18O.CH4/c2*1-5-13(14)15-10-9-12(4)8-6-7-11(2)3;2*1-9(2)5-4-6-10(3)7-8-11;/h9H,2,5-8,10H2,1,3-4H3;2,4-10H2,1,3H3;7,11H,1,4-6,8H2,2-3H3;11H,1,3-8H2,2H3;1H4/b12-9-;;10-7+;;. The van der Waals surface area contributed by atoms with Crippen LogP contribution < -0.4 is 0 Å². The molecule has 0 aliphatic heterocycles. The zero-order valence-corrected chi connectivity index (χ0v) is 35.1. The maximum atomic E-state index is 10.8. The van der Waals surface area contributed by atoms with E-state index in [9.17, 15) is 9.59 Å². The molecule has 6 heteroatoms. The lowest BCUT2D eigenvalue weighted by Gasteiger charge is -2.06. The van der Waals surface area contributed by atoms with Gasteiger partial charge in [-0.3, -0.25) is 9.59 Å².